The van der Waals surface area contributed by atoms with Crippen LogP contribution in [0.25, 0.3) is 10.8 Å². The van der Waals surface area contributed by atoms with Crippen LogP contribution in [0.1, 0.15) is 51.3 Å². The second kappa shape index (κ2) is 9.56. The van der Waals surface area contributed by atoms with E-state index in [4.69, 9.17) is 9.47 Å². The van der Waals surface area contributed by atoms with Gasteiger partial charge >= 0.3 is 0 Å². The molecule has 4 atom stereocenters. The van der Waals surface area contributed by atoms with Crippen molar-refractivity contribution < 1.29 is 19.1 Å². The van der Waals surface area contributed by atoms with Gasteiger partial charge in [0, 0.05) is 42.0 Å². The second-order valence-electron chi connectivity index (χ2n) is 11.2. The quantitative estimate of drug-likeness (QED) is 0.384. The molecule has 2 aromatic carbocycles. The molecule has 3 aliphatic rings. The van der Waals surface area contributed by atoms with Crippen LogP contribution in [-0.4, -0.2) is 52.7 Å². The van der Waals surface area contributed by atoms with E-state index in [0.717, 1.165) is 24.2 Å². The Balaban J connectivity index is 1.28. The van der Waals surface area contributed by atoms with Crippen molar-refractivity contribution in [2.24, 2.45) is 11.8 Å². The molecule has 0 N–H and O–H groups in total. The van der Waals surface area contributed by atoms with Gasteiger partial charge in [-0.05, 0) is 52.7 Å². The van der Waals surface area contributed by atoms with Crippen LogP contribution in [0.4, 0.5) is 11.6 Å². The Kier molecular flexibility index (Phi) is 6.26. The standard InChI is InChI=1S/C31H33N5O4/c1-5-35(6-2)29-33-19(3)17-24(34-29)39-16-15-31-14-13-30(4,40-31)25-26(31)28(38)36(27(25)37)23-12-11-20(18-32)21-9-7-8-10-22(21)23/h7-12,17,25-26H,5-6,13-16H2,1-4H3/t25-,26+,30-,31-/m1/s1. The normalized spacial score (nSPS) is 26.8. The Hall–Kier alpha value is -4.03. The number of amides is 2. The van der Waals surface area contributed by atoms with Crippen molar-refractivity contribution in [3.63, 3.8) is 0 Å². The molecule has 206 valence electrons. The maximum atomic E-state index is 14.1. The summed E-state index contributed by atoms with van der Waals surface area (Å²) >= 11 is 0. The highest BCUT2D eigenvalue weighted by atomic mass is 16.5. The van der Waals surface area contributed by atoms with Crippen molar-refractivity contribution in [1.82, 2.24) is 9.97 Å². The third-order valence-electron chi connectivity index (χ3n) is 8.91. The lowest BCUT2D eigenvalue weighted by molar-refractivity contribution is -0.131. The first-order chi connectivity index (χ1) is 19.2. The van der Waals surface area contributed by atoms with Crippen LogP contribution in [0.15, 0.2) is 42.5 Å². The number of hydrogen-bond acceptors (Lipinski definition) is 8. The van der Waals surface area contributed by atoms with Gasteiger partial charge in [-0.25, -0.2) is 9.88 Å². The van der Waals surface area contributed by atoms with Gasteiger partial charge in [0.2, 0.25) is 23.6 Å². The van der Waals surface area contributed by atoms with E-state index in [1.165, 1.54) is 4.90 Å². The van der Waals surface area contributed by atoms with Crippen molar-refractivity contribution >= 4 is 34.2 Å². The number of ether oxygens (including phenoxy) is 2. The molecule has 6 rings (SSSR count). The lowest BCUT2D eigenvalue weighted by atomic mass is 9.67. The van der Waals surface area contributed by atoms with Crippen LogP contribution in [-0.2, 0) is 14.3 Å². The van der Waals surface area contributed by atoms with Gasteiger partial charge in [0.1, 0.15) is 0 Å². The molecule has 2 bridgehead atoms. The summed E-state index contributed by atoms with van der Waals surface area (Å²) in [6, 6.07) is 14.8. The Morgan fingerprint density at radius 1 is 1.07 bits per heavy atom. The van der Waals surface area contributed by atoms with Gasteiger partial charge in [0.15, 0.2) is 0 Å². The average Bonchev–Trinajstić information content (AvgIpc) is 3.52. The number of carbonyl (C=O) groups is 2. The van der Waals surface area contributed by atoms with Gasteiger partial charge in [0.05, 0.1) is 47.0 Å². The molecule has 0 saturated carbocycles. The van der Waals surface area contributed by atoms with Crippen LogP contribution in [0.3, 0.4) is 0 Å². The molecule has 0 radical (unpaired) electrons. The van der Waals surface area contributed by atoms with Crippen LogP contribution in [0, 0.1) is 30.1 Å². The molecular weight excluding hydrogens is 506 g/mol. The summed E-state index contributed by atoms with van der Waals surface area (Å²) in [6.07, 6.45) is 1.85. The van der Waals surface area contributed by atoms with E-state index < -0.39 is 23.0 Å². The summed E-state index contributed by atoms with van der Waals surface area (Å²) in [4.78, 5) is 40.6. The number of imide groups is 1. The summed E-state index contributed by atoms with van der Waals surface area (Å²) in [6.45, 7) is 9.87. The minimum absolute atomic E-state index is 0.231. The zero-order valence-electron chi connectivity index (χ0n) is 23.3. The molecule has 9 heteroatoms. The Labute approximate surface area is 233 Å². The van der Waals surface area contributed by atoms with E-state index in [9.17, 15) is 14.9 Å². The number of hydrogen-bond donors (Lipinski definition) is 0. The zero-order chi connectivity index (χ0) is 28.2. The monoisotopic (exact) mass is 539 g/mol. The molecule has 0 unspecified atom stereocenters. The van der Waals surface area contributed by atoms with Gasteiger partial charge in [-0.15, -0.1) is 0 Å². The largest absolute Gasteiger partial charge is 0.477 e. The van der Waals surface area contributed by atoms with Crippen LogP contribution >= 0.6 is 0 Å². The third kappa shape index (κ3) is 3.85. The van der Waals surface area contributed by atoms with Gasteiger partial charge in [-0.3, -0.25) is 9.59 Å². The van der Waals surface area contributed by atoms with E-state index in [1.807, 2.05) is 44.2 Å². The van der Waals surface area contributed by atoms with Gasteiger partial charge in [-0.1, -0.05) is 24.3 Å². The maximum Gasteiger partial charge on any atom is 0.240 e. The van der Waals surface area contributed by atoms with Crippen molar-refractivity contribution in [3.05, 3.63) is 53.7 Å². The minimum Gasteiger partial charge on any atom is -0.477 e. The van der Waals surface area contributed by atoms with Crippen molar-refractivity contribution in [2.45, 2.75) is 58.2 Å². The number of nitriles is 1. The van der Waals surface area contributed by atoms with Crippen LogP contribution in [0.2, 0.25) is 0 Å². The van der Waals surface area contributed by atoms with Crippen LogP contribution in [0.5, 0.6) is 5.88 Å². The van der Waals surface area contributed by atoms with Crippen molar-refractivity contribution in [1.29, 1.82) is 5.26 Å². The van der Waals surface area contributed by atoms with E-state index in [-0.39, 0.29) is 11.8 Å². The molecule has 3 saturated heterocycles. The first-order valence-corrected chi connectivity index (χ1v) is 14.0. The molecule has 4 heterocycles. The molecule has 3 aromatic rings. The Bertz CT molecular complexity index is 1560. The number of carbonyl (C=O) groups excluding carboxylic acids is 2. The number of rotatable bonds is 8. The predicted octanol–water partition coefficient (Wildman–Crippen LogP) is 4.55. The van der Waals surface area contributed by atoms with Gasteiger partial charge in [-0.2, -0.15) is 10.2 Å². The minimum atomic E-state index is -0.785. The molecule has 40 heavy (non-hydrogen) atoms. The first-order valence-electron chi connectivity index (χ1n) is 14.0. The highest BCUT2D eigenvalue weighted by Crippen LogP contribution is 2.62. The maximum absolute atomic E-state index is 14.1. The smallest absolute Gasteiger partial charge is 0.240 e. The summed E-state index contributed by atoms with van der Waals surface area (Å²) in [5, 5.41) is 11.0. The lowest BCUT2D eigenvalue weighted by Gasteiger charge is -2.31. The number of fused-ring (bicyclic) bond motifs is 6. The van der Waals surface area contributed by atoms with Gasteiger partial charge in [0.25, 0.3) is 0 Å². The first kappa shape index (κ1) is 26.2. The van der Waals surface area contributed by atoms with E-state index >= 15 is 0 Å². The fourth-order valence-electron chi connectivity index (χ4n) is 7.00. The second-order valence-corrected chi connectivity index (χ2v) is 11.2. The summed E-state index contributed by atoms with van der Waals surface area (Å²) in [5.41, 5.74) is 0.348. The highest BCUT2D eigenvalue weighted by molar-refractivity contribution is 6.26. The molecule has 0 spiro atoms. The summed E-state index contributed by atoms with van der Waals surface area (Å²) < 4.78 is 12.7. The average molecular weight is 540 g/mol. The fourth-order valence-corrected chi connectivity index (χ4v) is 7.00. The molecule has 0 aliphatic carbocycles. The Morgan fingerprint density at radius 2 is 1.80 bits per heavy atom. The molecule has 2 amide bonds. The summed E-state index contributed by atoms with van der Waals surface area (Å²) in [7, 11) is 0. The number of anilines is 2. The van der Waals surface area contributed by atoms with Crippen LogP contribution < -0.4 is 14.5 Å². The fraction of sp³-hybridized carbons (Fsp3) is 0.452. The van der Waals surface area contributed by atoms with E-state index in [1.54, 1.807) is 12.1 Å². The van der Waals surface area contributed by atoms with Crippen molar-refractivity contribution in [2.75, 3.05) is 29.5 Å². The molecule has 1 aromatic heterocycles. The van der Waals surface area contributed by atoms with Gasteiger partial charge < -0.3 is 14.4 Å². The molecular formula is C31H33N5O4. The number of aromatic nitrogens is 2. The topological polar surface area (TPSA) is 109 Å². The highest BCUT2D eigenvalue weighted by Gasteiger charge is 2.73. The number of nitrogens with zero attached hydrogens (tertiary/aromatic N) is 5. The number of benzene rings is 2. The van der Waals surface area contributed by atoms with Crippen molar-refractivity contribution in [3.8, 4) is 11.9 Å². The molecule has 3 fully saturated rings. The molecule has 9 nitrogen and oxygen atoms in total. The lowest BCUT2D eigenvalue weighted by Crippen LogP contribution is -2.43. The third-order valence-corrected chi connectivity index (χ3v) is 8.91. The molecule has 3 aliphatic heterocycles. The number of aryl methyl sites for hydroxylation is 1. The van der Waals surface area contributed by atoms with E-state index in [2.05, 4.69) is 34.8 Å². The van der Waals surface area contributed by atoms with E-state index in [0.29, 0.717) is 54.3 Å². The Morgan fingerprint density at radius 3 is 2.52 bits per heavy atom. The summed E-state index contributed by atoms with van der Waals surface area (Å²) in [5.74, 6) is -0.500. The predicted molar refractivity (Wildman–Crippen MR) is 150 cm³/mol. The zero-order valence-corrected chi connectivity index (χ0v) is 23.3. The SMILES string of the molecule is CCN(CC)c1nc(C)cc(OCC[C@@]23CC[C@@](C)(O2)[C@H]2C(=O)N(c4ccc(C#N)c5ccccc45)C(=O)[C@H]23)n1.